The van der Waals surface area contributed by atoms with Crippen LogP contribution in [0.2, 0.25) is 0 Å². The van der Waals surface area contributed by atoms with Crippen LogP contribution in [0.15, 0.2) is 18.3 Å². The SMILES string of the molecule is CCNC[C@H](C)Oc1ccc(OCC(C)=O)cn1. The molecular weight excluding hydrogens is 232 g/mol. The van der Waals surface area contributed by atoms with Crippen LogP contribution in [0, 0.1) is 0 Å². The van der Waals surface area contributed by atoms with Crippen molar-refractivity contribution in [2.24, 2.45) is 0 Å². The smallest absolute Gasteiger partial charge is 0.213 e. The number of carbonyl (C=O) groups excluding carboxylic acids is 1. The lowest BCUT2D eigenvalue weighted by atomic mass is 10.4. The number of hydrogen-bond acceptors (Lipinski definition) is 5. The number of nitrogens with zero attached hydrogens (tertiary/aromatic N) is 1. The van der Waals surface area contributed by atoms with Gasteiger partial charge >= 0.3 is 0 Å². The van der Waals surface area contributed by atoms with Crippen molar-refractivity contribution in [2.75, 3.05) is 19.7 Å². The zero-order valence-corrected chi connectivity index (χ0v) is 11.1. The monoisotopic (exact) mass is 252 g/mol. The molecule has 0 fully saturated rings. The van der Waals surface area contributed by atoms with E-state index in [1.165, 1.54) is 6.92 Å². The van der Waals surface area contributed by atoms with E-state index in [1.807, 2.05) is 13.8 Å². The second-order valence-corrected chi connectivity index (χ2v) is 4.06. The van der Waals surface area contributed by atoms with Gasteiger partial charge in [-0.15, -0.1) is 0 Å². The van der Waals surface area contributed by atoms with Crippen LogP contribution in [0.5, 0.6) is 11.6 Å². The van der Waals surface area contributed by atoms with Gasteiger partial charge in [0.25, 0.3) is 0 Å². The summed E-state index contributed by atoms with van der Waals surface area (Å²) in [7, 11) is 0. The molecule has 1 rings (SSSR count). The molecule has 0 aliphatic rings. The van der Waals surface area contributed by atoms with E-state index < -0.39 is 0 Å². The molecule has 0 unspecified atom stereocenters. The van der Waals surface area contributed by atoms with Crippen molar-refractivity contribution in [2.45, 2.75) is 26.9 Å². The number of ether oxygens (including phenoxy) is 2. The van der Waals surface area contributed by atoms with E-state index in [4.69, 9.17) is 9.47 Å². The number of likely N-dealkylation sites (N-methyl/N-ethyl adjacent to an activating group) is 1. The van der Waals surface area contributed by atoms with E-state index in [-0.39, 0.29) is 18.5 Å². The van der Waals surface area contributed by atoms with E-state index in [1.54, 1.807) is 18.3 Å². The minimum atomic E-state index is -0.0189. The first-order valence-corrected chi connectivity index (χ1v) is 6.07. The highest BCUT2D eigenvalue weighted by molar-refractivity contribution is 5.77. The minimum Gasteiger partial charge on any atom is -0.484 e. The molecular formula is C13H20N2O3. The van der Waals surface area contributed by atoms with Crippen molar-refractivity contribution in [3.63, 3.8) is 0 Å². The number of pyridine rings is 1. The minimum absolute atomic E-state index is 0.0189. The fourth-order valence-corrected chi connectivity index (χ4v) is 1.30. The van der Waals surface area contributed by atoms with Gasteiger partial charge < -0.3 is 14.8 Å². The molecule has 0 bridgehead atoms. The second kappa shape index (κ2) is 7.66. The Labute approximate surface area is 108 Å². The molecule has 1 atom stereocenters. The van der Waals surface area contributed by atoms with Crippen LogP contribution in [0.1, 0.15) is 20.8 Å². The number of ketones is 1. The Hall–Kier alpha value is -1.62. The summed E-state index contributed by atoms with van der Waals surface area (Å²) < 4.78 is 10.8. The molecule has 1 heterocycles. The molecule has 0 saturated heterocycles. The molecule has 0 aromatic carbocycles. The summed E-state index contributed by atoms with van der Waals surface area (Å²) in [5.74, 6) is 1.10. The maximum Gasteiger partial charge on any atom is 0.213 e. The normalized spacial score (nSPS) is 11.9. The van der Waals surface area contributed by atoms with E-state index >= 15 is 0 Å². The number of rotatable bonds is 8. The third kappa shape index (κ3) is 5.63. The van der Waals surface area contributed by atoms with Gasteiger partial charge in [-0.2, -0.15) is 0 Å². The van der Waals surface area contributed by atoms with Crippen molar-refractivity contribution in [1.29, 1.82) is 0 Å². The van der Waals surface area contributed by atoms with Gasteiger partial charge in [0.2, 0.25) is 5.88 Å². The van der Waals surface area contributed by atoms with Gasteiger partial charge in [-0.3, -0.25) is 4.79 Å². The number of nitrogens with one attached hydrogen (secondary N) is 1. The number of hydrogen-bond donors (Lipinski definition) is 1. The molecule has 0 amide bonds. The highest BCUT2D eigenvalue weighted by Gasteiger charge is 2.04. The lowest BCUT2D eigenvalue weighted by molar-refractivity contribution is -0.118. The van der Waals surface area contributed by atoms with Crippen molar-refractivity contribution in [3.05, 3.63) is 18.3 Å². The number of aromatic nitrogens is 1. The molecule has 5 heteroatoms. The quantitative estimate of drug-likeness (QED) is 0.758. The Kier molecular flexibility index (Phi) is 6.14. The number of carbonyl (C=O) groups is 1. The lowest BCUT2D eigenvalue weighted by Gasteiger charge is -2.14. The van der Waals surface area contributed by atoms with Gasteiger partial charge in [0.15, 0.2) is 5.78 Å². The highest BCUT2D eigenvalue weighted by Crippen LogP contribution is 2.14. The third-order valence-corrected chi connectivity index (χ3v) is 2.16. The lowest BCUT2D eigenvalue weighted by Crippen LogP contribution is -2.28. The molecule has 1 aromatic heterocycles. The molecule has 18 heavy (non-hydrogen) atoms. The van der Waals surface area contributed by atoms with Gasteiger partial charge in [0.1, 0.15) is 18.5 Å². The predicted molar refractivity (Wildman–Crippen MR) is 69.0 cm³/mol. The van der Waals surface area contributed by atoms with Crippen molar-refractivity contribution in [1.82, 2.24) is 10.3 Å². The van der Waals surface area contributed by atoms with Gasteiger partial charge in [-0.05, 0) is 26.5 Å². The van der Waals surface area contributed by atoms with Crippen LogP contribution in [-0.2, 0) is 4.79 Å². The maximum atomic E-state index is 10.8. The van der Waals surface area contributed by atoms with Crippen LogP contribution in [0.4, 0.5) is 0 Å². The largest absolute Gasteiger partial charge is 0.484 e. The van der Waals surface area contributed by atoms with Crippen LogP contribution in [0.25, 0.3) is 0 Å². The van der Waals surface area contributed by atoms with Crippen LogP contribution in [0.3, 0.4) is 0 Å². The van der Waals surface area contributed by atoms with Crippen molar-refractivity contribution < 1.29 is 14.3 Å². The van der Waals surface area contributed by atoms with Crippen LogP contribution >= 0.6 is 0 Å². The highest BCUT2D eigenvalue weighted by atomic mass is 16.5. The van der Waals surface area contributed by atoms with Gasteiger partial charge in [0, 0.05) is 12.6 Å². The zero-order chi connectivity index (χ0) is 13.4. The Morgan fingerprint density at radius 3 is 2.83 bits per heavy atom. The average Bonchev–Trinajstić information content (AvgIpc) is 2.35. The van der Waals surface area contributed by atoms with Gasteiger partial charge in [-0.25, -0.2) is 4.98 Å². The molecule has 0 aliphatic carbocycles. The van der Waals surface area contributed by atoms with E-state index in [9.17, 15) is 4.79 Å². The van der Waals surface area contributed by atoms with E-state index in [0.717, 1.165) is 13.1 Å². The van der Waals surface area contributed by atoms with Crippen molar-refractivity contribution in [3.8, 4) is 11.6 Å². The summed E-state index contributed by atoms with van der Waals surface area (Å²) in [6.07, 6.45) is 1.61. The second-order valence-electron chi connectivity index (χ2n) is 4.06. The summed E-state index contributed by atoms with van der Waals surface area (Å²) in [6.45, 7) is 7.27. The number of Topliss-reactive ketones (excluding diaryl/α,β-unsaturated/α-hetero) is 1. The topological polar surface area (TPSA) is 60.5 Å². The molecule has 100 valence electrons. The van der Waals surface area contributed by atoms with Gasteiger partial charge in [0.05, 0.1) is 6.20 Å². The summed E-state index contributed by atoms with van der Waals surface area (Å²) in [5, 5.41) is 3.20. The Morgan fingerprint density at radius 2 is 2.28 bits per heavy atom. The first-order chi connectivity index (χ1) is 8.61. The molecule has 1 N–H and O–H groups in total. The predicted octanol–water partition coefficient (Wildman–Crippen LogP) is 1.43. The van der Waals surface area contributed by atoms with E-state index in [2.05, 4.69) is 10.3 Å². The molecule has 0 radical (unpaired) electrons. The molecule has 0 saturated carbocycles. The maximum absolute atomic E-state index is 10.8. The standard InChI is InChI=1S/C13H20N2O3/c1-4-14-7-11(3)18-13-6-5-12(8-15-13)17-9-10(2)16/h5-6,8,11,14H,4,7,9H2,1-3H3/t11-/m0/s1. The molecule has 0 aliphatic heterocycles. The summed E-state index contributed by atoms with van der Waals surface area (Å²) in [5.41, 5.74) is 0. The summed E-state index contributed by atoms with van der Waals surface area (Å²) in [6, 6.07) is 3.48. The summed E-state index contributed by atoms with van der Waals surface area (Å²) in [4.78, 5) is 14.9. The first-order valence-electron chi connectivity index (χ1n) is 6.07. The van der Waals surface area contributed by atoms with Crippen LogP contribution < -0.4 is 14.8 Å². The Morgan fingerprint density at radius 1 is 1.50 bits per heavy atom. The van der Waals surface area contributed by atoms with Crippen LogP contribution in [-0.4, -0.2) is 36.6 Å². The average molecular weight is 252 g/mol. The van der Waals surface area contributed by atoms with Gasteiger partial charge in [-0.1, -0.05) is 6.92 Å². The molecule has 0 spiro atoms. The summed E-state index contributed by atoms with van der Waals surface area (Å²) >= 11 is 0. The third-order valence-electron chi connectivity index (χ3n) is 2.16. The van der Waals surface area contributed by atoms with Crippen molar-refractivity contribution >= 4 is 5.78 Å². The Balaban J connectivity index is 2.42. The zero-order valence-electron chi connectivity index (χ0n) is 11.1. The first kappa shape index (κ1) is 14.4. The molecule has 5 nitrogen and oxygen atoms in total. The fourth-order valence-electron chi connectivity index (χ4n) is 1.30. The fraction of sp³-hybridized carbons (Fsp3) is 0.538. The Bertz CT molecular complexity index is 365. The van der Waals surface area contributed by atoms with E-state index in [0.29, 0.717) is 11.6 Å². The molecule has 1 aromatic rings.